The van der Waals surface area contributed by atoms with Crippen LogP contribution in [0.25, 0.3) is 22.2 Å². The monoisotopic (exact) mass is 300 g/mol. The second-order valence-electron chi connectivity index (χ2n) is 4.78. The normalized spacial score (nSPS) is 13.5. The smallest absolute Gasteiger partial charge is 0.289 e. The minimum Gasteiger partial charge on any atom is -0.289 e. The highest BCUT2D eigenvalue weighted by atomic mass is 32.2. The molecule has 6 nitrogen and oxygen atoms in total. The van der Waals surface area contributed by atoms with Gasteiger partial charge in [-0.15, -0.1) is 0 Å². The molecule has 3 aromatic rings. The summed E-state index contributed by atoms with van der Waals surface area (Å²) in [5, 5.41) is 7.17. The zero-order valence-corrected chi connectivity index (χ0v) is 11.3. The van der Waals surface area contributed by atoms with Crippen LogP contribution in [-0.4, -0.2) is 29.0 Å². The zero-order valence-electron chi connectivity index (χ0n) is 10.5. The van der Waals surface area contributed by atoms with E-state index in [2.05, 4.69) is 10.2 Å². The van der Waals surface area contributed by atoms with Crippen molar-refractivity contribution in [3.63, 3.8) is 0 Å². The van der Waals surface area contributed by atoms with E-state index < -0.39 is 10.1 Å². The molecule has 1 aliphatic carbocycles. The van der Waals surface area contributed by atoms with Gasteiger partial charge in [-0.25, -0.2) is 0 Å². The molecule has 0 amide bonds. The van der Waals surface area contributed by atoms with Crippen molar-refractivity contribution in [3.05, 3.63) is 47.5 Å². The number of rotatable bonds is 1. The highest BCUT2D eigenvalue weighted by Crippen LogP contribution is 2.39. The largest absolute Gasteiger partial charge is 0.296 e. The number of ketones is 1. The standard InChI is InChI=1S/C14H8N2O4S/c17-14-8-4-2-1-3-7(8)12-11-9(14)5-6-10(21(18,19)20)13(11)16-15-12/h1-6H,(H,15,16)(H,18,19,20). The van der Waals surface area contributed by atoms with Crippen LogP contribution in [-0.2, 0) is 10.1 Å². The Morgan fingerprint density at radius 1 is 1.00 bits per heavy atom. The van der Waals surface area contributed by atoms with Crippen LogP contribution in [0.4, 0.5) is 0 Å². The lowest BCUT2D eigenvalue weighted by atomic mass is 9.87. The second-order valence-corrected chi connectivity index (χ2v) is 6.17. The molecule has 2 N–H and O–H groups in total. The average Bonchev–Trinajstić information content (AvgIpc) is 2.88. The van der Waals surface area contributed by atoms with Crippen LogP contribution in [0.1, 0.15) is 15.9 Å². The molecule has 0 aliphatic heterocycles. The Morgan fingerprint density at radius 2 is 1.71 bits per heavy atom. The van der Waals surface area contributed by atoms with Crippen LogP contribution in [0.15, 0.2) is 41.3 Å². The zero-order chi connectivity index (χ0) is 14.8. The number of aromatic nitrogens is 2. The molecule has 104 valence electrons. The fourth-order valence-corrected chi connectivity index (χ4v) is 3.37. The molecule has 0 unspecified atom stereocenters. The molecule has 21 heavy (non-hydrogen) atoms. The Hall–Kier alpha value is -2.51. The van der Waals surface area contributed by atoms with E-state index in [9.17, 15) is 17.8 Å². The van der Waals surface area contributed by atoms with Crippen molar-refractivity contribution in [2.75, 3.05) is 0 Å². The van der Waals surface area contributed by atoms with Gasteiger partial charge in [-0.1, -0.05) is 24.3 Å². The Labute approximate surface area is 119 Å². The lowest BCUT2D eigenvalue weighted by Crippen LogP contribution is -2.10. The number of hydrogen-bond acceptors (Lipinski definition) is 4. The van der Waals surface area contributed by atoms with Gasteiger partial charge in [-0.05, 0) is 12.1 Å². The minimum atomic E-state index is -4.41. The van der Waals surface area contributed by atoms with Crippen LogP contribution in [0.3, 0.4) is 0 Å². The molecule has 0 saturated carbocycles. The molecule has 0 radical (unpaired) electrons. The number of aromatic amines is 1. The number of H-pyrrole nitrogens is 1. The summed E-state index contributed by atoms with van der Waals surface area (Å²) >= 11 is 0. The summed E-state index contributed by atoms with van der Waals surface area (Å²) in [5.41, 5.74) is 2.24. The second kappa shape index (κ2) is 3.78. The first-order chi connectivity index (χ1) is 9.98. The third-order valence-electron chi connectivity index (χ3n) is 3.63. The fraction of sp³-hybridized carbons (Fsp3) is 0. The van der Waals surface area contributed by atoms with Gasteiger partial charge in [-0.3, -0.25) is 14.4 Å². The average molecular weight is 300 g/mol. The lowest BCUT2D eigenvalue weighted by Gasteiger charge is -2.15. The maximum absolute atomic E-state index is 12.5. The van der Waals surface area contributed by atoms with E-state index >= 15 is 0 Å². The molecule has 0 spiro atoms. The molecule has 0 atom stereocenters. The van der Waals surface area contributed by atoms with E-state index in [1.54, 1.807) is 24.3 Å². The highest BCUT2D eigenvalue weighted by molar-refractivity contribution is 7.86. The molecule has 0 fully saturated rings. The van der Waals surface area contributed by atoms with Gasteiger partial charge in [0.15, 0.2) is 5.78 Å². The first kappa shape index (κ1) is 12.2. The molecule has 2 aromatic carbocycles. The van der Waals surface area contributed by atoms with Crippen LogP contribution in [0, 0.1) is 0 Å². The van der Waals surface area contributed by atoms with Crippen LogP contribution in [0.2, 0.25) is 0 Å². The van der Waals surface area contributed by atoms with Crippen LogP contribution >= 0.6 is 0 Å². The van der Waals surface area contributed by atoms with Crippen molar-refractivity contribution in [2.24, 2.45) is 0 Å². The van der Waals surface area contributed by atoms with Gasteiger partial charge >= 0.3 is 0 Å². The SMILES string of the molecule is O=C1c2ccccc2-c2[nH]nc3c(S(=O)(=O)O)ccc1c23. The molecule has 0 bridgehead atoms. The van der Waals surface area contributed by atoms with Crippen LogP contribution < -0.4 is 0 Å². The molecule has 1 aromatic heterocycles. The van der Waals surface area contributed by atoms with Gasteiger partial charge in [0, 0.05) is 22.1 Å². The highest BCUT2D eigenvalue weighted by Gasteiger charge is 2.29. The number of fused-ring (bicyclic) bond motifs is 2. The van der Waals surface area contributed by atoms with Crippen molar-refractivity contribution >= 4 is 26.8 Å². The van der Waals surface area contributed by atoms with E-state index in [1.807, 2.05) is 0 Å². The Balaban J connectivity index is 2.21. The first-order valence-corrected chi connectivity index (χ1v) is 7.55. The van der Waals surface area contributed by atoms with E-state index in [0.717, 1.165) is 0 Å². The van der Waals surface area contributed by atoms with Crippen molar-refractivity contribution in [1.29, 1.82) is 0 Å². The number of hydrogen-bond donors (Lipinski definition) is 2. The van der Waals surface area contributed by atoms with Gasteiger partial charge in [0.05, 0.1) is 5.69 Å². The molecule has 4 rings (SSSR count). The van der Waals surface area contributed by atoms with Gasteiger partial charge in [0.1, 0.15) is 10.4 Å². The molecule has 0 saturated heterocycles. The number of carbonyl (C=O) groups is 1. The number of nitrogens with one attached hydrogen (secondary N) is 1. The summed E-state index contributed by atoms with van der Waals surface area (Å²) < 4.78 is 32.1. The van der Waals surface area contributed by atoms with Gasteiger partial charge < -0.3 is 0 Å². The summed E-state index contributed by atoms with van der Waals surface area (Å²) in [4.78, 5) is 12.2. The number of benzene rings is 2. The third-order valence-corrected chi connectivity index (χ3v) is 4.52. The molecular formula is C14H8N2O4S. The van der Waals surface area contributed by atoms with E-state index in [0.29, 0.717) is 27.8 Å². The van der Waals surface area contributed by atoms with Crippen LogP contribution in [0.5, 0.6) is 0 Å². The summed E-state index contributed by atoms with van der Waals surface area (Å²) in [6.45, 7) is 0. The molecule has 7 heteroatoms. The first-order valence-electron chi connectivity index (χ1n) is 6.11. The minimum absolute atomic E-state index is 0.0767. The molecular weight excluding hydrogens is 292 g/mol. The van der Waals surface area contributed by atoms with Crippen molar-refractivity contribution in [3.8, 4) is 11.3 Å². The van der Waals surface area contributed by atoms with Gasteiger partial charge in [0.2, 0.25) is 0 Å². The summed E-state index contributed by atoms with van der Waals surface area (Å²) in [6.07, 6.45) is 0. The summed E-state index contributed by atoms with van der Waals surface area (Å²) in [7, 11) is -4.41. The van der Waals surface area contributed by atoms with E-state index in [4.69, 9.17) is 0 Å². The summed E-state index contributed by atoms with van der Waals surface area (Å²) in [6, 6.07) is 9.64. The van der Waals surface area contributed by atoms with Crippen molar-refractivity contribution < 1.29 is 17.8 Å². The maximum atomic E-state index is 12.5. The number of carbonyl (C=O) groups excluding carboxylic acids is 1. The quantitative estimate of drug-likeness (QED) is 0.524. The van der Waals surface area contributed by atoms with Gasteiger partial charge in [-0.2, -0.15) is 13.5 Å². The van der Waals surface area contributed by atoms with E-state index in [-0.39, 0.29) is 16.2 Å². The Morgan fingerprint density at radius 3 is 2.43 bits per heavy atom. The molecule has 1 heterocycles. The molecule has 1 aliphatic rings. The van der Waals surface area contributed by atoms with Crippen molar-refractivity contribution in [1.82, 2.24) is 10.2 Å². The topological polar surface area (TPSA) is 100 Å². The fourth-order valence-electron chi connectivity index (χ4n) is 2.74. The maximum Gasteiger partial charge on any atom is 0.296 e. The van der Waals surface area contributed by atoms with Gasteiger partial charge in [0.25, 0.3) is 10.1 Å². The Bertz CT molecular complexity index is 1030. The van der Waals surface area contributed by atoms with Crippen molar-refractivity contribution in [2.45, 2.75) is 4.90 Å². The summed E-state index contributed by atoms with van der Waals surface area (Å²) in [5.74, 6) is -0.189. The lowest BCUT2D eigenvalue weighted by molar-refractivity contribution is 0.104. The predicted octanol–water partition coefficient (Wildman–Crippen LogP) is 2.02. The predicted molar refractivity (Wildman–Crippen MR) is 74.8 cm³/mol. The third kappa shape index (κ3) is 1.52. The number of nitrogens with zero attached hydrogens (tertiary/aromatic N) is 1. The Kier molecular flexibility index (Phi) is 2.20. The van der Waals surface area contributed by atoms with E-state index in [1.165, 1.54) is 12.1 Å².